The summed E-state index contributed by atoms with van der Waals surface area (Å²) in [6.45, 7) is 1.83. The molecule has 1 heterocycles. The second kappa shape index (κ2) is 5.30. The number of hydrogen-bond acceptors (Lipinski definition) is 6. The molecule has 7 heteroatoms. The summed E-state index contributed by atoms with van der Waals surface area (Å²) >= 11 is 0. The van der Waals surface area contributed by atoms with Crippen LogP contribution in [-0.2, 0) is 0 Å². The third kappa shape index (κ3) is 2.76. The molecule has 2 aromatic rings. The number of nitro benzene ring substituents is 1. The Morgan fingerprint density at radius 2 is 1.95 bits per heavy atom. The van der Waals surface area contributed by atoms with Crippen molar-refractivity contribution in [2.75, 3.05) is 12.4 Å². The van der Waals surface area contributed by atoms with Crippen molar-refractivity contribution >= 4 is 11.5 Å². The molecule has 0 amide bonds. The number of anilines is 1. The third-order valence-electron chi connectivity index (χ3n) is 2.54. The molecule has 0 spiro atoms. The van der Waals surface area contributed by atoms with Crippen LogP contribution in [0, 0.1) is 17.0 Å². The van der Waals surface area contributed by atoms with Gasteiger partial charge in [-0.2, -0.15) is 0 Å². The number of benzene rings is 1. The minimum Gasteiger partial charge on any atom is -0.439 e. The summed E-state index contributed by atoms with van der Waals surface area (Å²) in [7, 11) is 1.75. The zero-order valence-corrected chi connectivity index (χ0v) is 10.5. The van der Waals surface area contributed by atoms with E-state index in [9.17, 15) is 10.1 Å². The third-order valence-corrected chi connectivity index (χ3v) is 2.54. The fourth-order valence-corrected chi connectivity index (χ4v) is 1.54. The van der Waals surface area contributed by atoms with Crippen LogP contribution < -0.4 is 10.1 Å². The van der Waals surface area contributed by atoms with Crippen molar-refractivity contribution in [1.82, 2.24) is 9.97 Å². The van der Waals surface area contributed by atoms with Gasteiger partial charge in [0.2, 0.25) is 5.88 Å². The van der Waals surface area contributed by atoms with Crippen molar-refractivity contribution in [3.8, 4) is 11.6 Å². The predicted molar refractivity (Wildman–Crippen MR) is 69.5 cm³/mol. The van der Waals surface area contributed by atoms with Crippen molar-refractivity contribution in [2.24, 2.45) is 0 Å². The fraction of sp³-hybridized carbons (Fsp3) is 0.167. The number of rotatable bonds is 4. The topological polar surface area (TPSA) is 90.2 Å². The van der Waals surface area contributed by atoms with Crippen LogP contribution in [0.15, 0.2) is 30.6 Å². The van der Waals surface area contributed by atoms with Gasteiger partial charge in [0.15, 0.2) is 0 Å². The Morgan fingerprint density at radius 3 is 2.53 bits per heavy atom. The average Bonchev–Trinajstić information content (AvgIpc) is 2.42. The number of ether oxygens (including phenoxy) is 1. The summed E-state index contributed by atoms with van der Waals surface area (Å²) in [6, 6.07) is 5.81. The first-order valence-electron chi connectivity index (χ1n) is 5.53. The maximum absolute atomic E-state index is 10.5. The quantitative estimate of drug-likeness (QED) is 0.671. The van der Waals surface area contributed by atoms with Gasteiger partial charge in [-0.3, -0.25) is 10.1 Å². The summed E-state index contributed by atoms with van der Waals surface area (Å²) in [4.78, 5) is 18.2. The second-order valence-electron chi connectivity index (χ2n) is 3.76. The number of nitrogens with zero attached hydrogens (tertiary/aromatic N) is 3. The van der Waals surface area contributed by atoms with Crippen molar-refractivity contribution in [1.29, 1.82) is 0 Å². The van der Waals surface area contributed by atoms with E-state index in [4.69, 9.17) is 4.74 Å². The Kier molecular flexibility index (Phi) is 3.56. The molecule has 1 N–H and O–H groups in total. The molecule has 1 aromatic carbocycles. The van der Waals surface area contributed by atoms with Crippen LogP contribution in [-0.4, -0.2) is 21.9 Å². The molecule has 0 aliphatic heterocycles. The van der Waals surface area contributed by atoms with Crippen LogP contribution in [0.5, 0.6) is 11.6 Å². The van der Waals surface area contributed by atoms with Crippen LogP contribution in [0.1, 0.15) is 5.56 Å². The molecule has 7 nitrogen and oxygen atoms in total. The molecule has 2 rings (SSSR count). The lowest BCUT2D eigenvalue weighted by Crippen LogP contribution is -1.99. The molecular formula is C12H12N4O3. The number of hydrogen-bond donors (Lipinski definition) is 1. The van der Waals surface area contributed by atoms with Crippen molar-refractivity contribution in [2.45, 2.75) is 6.92 Å². The molecule has 0 radical (unpaired) electrons. The molecule has 0 unspecified atom stereocenters. The van der Waals surface area contributed by atoms with Crippen LogP contribution >= 0.6 is 0 Å². The summed E-state index contributed by atoms with van der Waals surface area (Å²) < 4.78 is 5.57. The van der Waals surface area contributed by atoms with Crippen molar-refractivity contribution in [3.05, 3.63) is 46.3 Å². The smallest absolute Gasteiger partial charge is 0.269 e. The normalized spacial score (nSPS) is 10.0. The van der Waals surface area contributed by atoms with E-state index in [2.05, 4.69) is 15.3 Å². The lowest BCUT2D eigenvalue weighted by molar-refractivity contribution is -0.384. The Morgan fingerprint density at radius 1 is 1.26 bits per heavy atom. The van der Waals surface area contributed by atoms with Gasteiger partial charge in [-0.1, -0.05) is 0 Å². The summed E-state index contributed by atoms with van der Waals surface area (Å²) in [5, 5.41) is 13.5. The minimum absolute atomic E-state index is 0.0164. The van der Waals surface area contributed by atoms with E-state index in [1.54, 1.807) is 7.05 Å². The first-order chi connectivity index (χ1) is 9.11. The van der Waals surface area contributed by atoms with E-state index >= 15 is 0 Å². The molecule has 0 saturated carbocycles. The molecule has 0 aliphatic carbocycles. The van der Waals surface area contributed by atoms with Gasteiger partial charge in [-0.25, -0.2) is 9.97 Å². The molecule has 0 aliphatic rings. The lowest BCUT2D eigenvalue weighted by Gasteiger charge is -2.09. The van der Waals surface area contributed by atoms with Crippen LogP contribution in [0.3, 0.4) is 0 Å². The number of aromatic nitrogens is 2. The van der Waals surface area contributed by atoms with E-state index in [1.807, 2.05) is 6.92 Å². The van der Waals surface area contributed by atoms with Crippen LogP contribution in [0.4, 0.5) is 11.5 Å². The van der Waals surface area contributed by atoms with Gasteiger partial charge < -0.3 is 10.1 Å². The van der Waals surface area contributed by atoms with Gasteiger partial charge in [-0.05, 0) is 19.1 Å². The second-order valence-corrected chi connectivity index (χ2v) is 3.76. The predicted octanol–water partition coefficient (Wildman–Crippen LogP) is 2.53. The molecule has 0 saturated heterocycles. The van der Waals surface area contributed by atoms with Crippen LogP contribution in [0.25, 0.3) is 0 Å². The SMILES string of the molecule is CNc1ncnc(Oc2ccc([N+](=O)[O-])cc2)c1C. The van der Waals surface area contributed by atoms with Gasteiger partial charge in [0.05, 0.1) is 10.5 Å². The Hall–Kier alpha value is -2.70. The van der Waals surface area contributed by atoms with Crippen LogP contribution in [0.2, 0.25) is 0 Å². The Bertz CT molecular complexity index is 598. The van der Waals surface area contributed by atoms with E-state index < -0.39 is 4.92 Å². The molecule has 98 valence electrons. The standard InChI is InChI=1S/C12H12N4O3/c1-8-11(13-2)14-7-15-12(8)19-10-5-3-9(4-6-10)16(17)18/h3-7H,1-2H3,(H,13,14,15). The molecule has 0 atom stereocenters. The largest absolute Gasteiger partial charge is 0.439 e. The van der Waals surface area contributed by atoms with Gasteiger partial charge in [0.1, 0.15) is 17.9 Å². The molecule has 0 bridgehead atoms. The molecule has 19 heavy (non-hydrogen) atoms. The fourth-order valence-electron chi connectivity index (χ4n) is 1.54. The van der Waals surface area contributed by atoms with Gasteiger partial charge >= 0.3 is 0 Å². The first kappa shape index (κ1) is 12.7. The maximum atomic E-state index is 10.5. The highest BCUT2D eigenvalue weighted by atomic mass is 16.6. The number of nitrogens with one attached hydrogen (secondary N) is 1. The average molecular weight is 260 g/mol. The maximum Gasteiger partial charge on any atom is 0.269 e. The summed E-state index contributed by atoms with van der Waals surface area (Å²) in [5.41, 5.74) is 0.783. The lowest BCUT2D eigenvalue weighted by atomic mass is 10.3. The minimum atomic E-state index is -0.459. The molecular weight excluding hydrogens is 248 g/mol. The van der Waals surface area contributed by atoms with Gasteiger partial charge in [-0.15, -0.1) is 0 Å². The summed E-state index contributed by atoms with van der Waals surface area (Å²) in [5.74, 6) is 1.56. The van der Waals surface area contributed by atoms with E-state index in [1.165, 1.54) is 30.6 Å². The summed E-state index contributed by atoms with van der Waals surface area (Å²) in [6.07, 6.45) is 1.39. The highest BCUT2D eigenvalue weighted by Crippen LogP contribution is 2.26. The van der Waals surface area contributed by atoms with Gasteiger partial charge in [0, 0.05) is 19.2 Å². The number of non-ortho nitro benzene ring substituents is 1. The van der Waals surface area contributed by atoms with E-state index in [0.29, 0.717) is 17.4 Å². The van der Waals surface area contributed by atoms with Gasteiger partial charge in [0.25, 0.3) is 5.69 Å². The molecule has 0 fully saturated rings. The Labute approximate surface area is 109 Å². The highest BCUT2D eigenvalue weighted by Gasteiger charge is 2.09. The van der Waals surface area contributed by atoms with Crippen molar-refractivity contribution in [3.63, 3.8) is 0 Å². The van der Waals surface area contributed by atoms with E-state index in [0.717, 1.165) is 5.56 Å². The van der Waals surface area contributed by atoms with E-state index in [-0.39, 0.29) is 5.69 Å². The zero-order valence-electron chi connectivity index (χ0n) is 10.5. The number of nitro groups is 1. The zero-order chi connectivity index (χ0) is 13.8. The monoisotopic (exact) mass is 260 g/mol. The van der Waals surface area contributed by atoms with Crippen molar-refractivity contribution < 1.29 is 9.66 Å². The Balaban J connectivity index is 2.24. The first-order valence-corrected chi connectivity index (χ1v) is 5.53. The molecule has 1 aromatic heterocycles. The highest BCUT2D eigenvalue weighted by molar-refractivity contribution is 5.48.